The molecule has 0 radical (unpaired) electrons. The third kappa shape index (κ3) is 2.75. The fraction of sp³-hybridized carbons (Fsp3) is 0.903. The maximum absolute atomic E-state index is 13.4. The second-order valence-electron chi connectivity index (χ2n) is 14.8. The van der Waals surface area contributed by atoms with Crippen LogP contribution in [0.1, 0.15) is 92.9 Å². The van der Waals surface area contributed by atoms with Crippen molar-refractivity contribution in [1.82, 2.24) is 0 Å². The van der Waals surface area contributed by atoms with Crippen LogP contribution >= 0.6 is 0 Å². The lowest BCUT2D eigenvalue weighted by molar-refractivity contribution is -0.192. The molecule has 6 aliphatic rings. The summed E-state index contributed by atoms with van der Waals surface area (Å²) in [5.74, 6) is 2.55. The van der Waals surface area contributed by atoms with Crippen molar-refractivity contribution in [2.45, 2.75) is 105 Å². The van der Waals surface area contributed by atoms with Crippen LogP contribution in [0.15, 0.2) is 11.6 Å². The molecule has 4 heteroatoms. The Morgan fingerprint density at radius 3 is 2.51 bits per heavy atom. The second-order valence-corrected chi connectivity index (χ2v) is 14.8. The van der Waals surface area contributed by atoms with Crippen LogP contribution in [0.3, 0.4) is 0 Å². The van der Waals surface area contributed by atoms with Gasteiger partial charge in [-0.05, 0) is 97.2 Å². The second kappa shape index (κ2) is 7.37. The topological polar surface area (TPSA) is 59.1 Å². The minimum absolute atomic E-state index is 0.0371. The highest BCUT2D eigenvalue weighted by Gasteiger charge is 2.73. The van der Waals surface area contributed by atoms with E-state index in [1.54, 1.807) is 12.7 Å². The van der Waals surface area contributed by atoms with Gasteiger partial charge in [-0.1, -0.05) is 53.2 Å². The molecule has 0 aromatic carbocycles. The number of hydrogen-bond acceptors (Lipinski definition) is 4. The Kier molecular flexibility index (Phi) is 5.15. The quantitative estimate of drug-likeness (QED) is 0.289. The van der Waals surface area contributed by atoms with Gasteiger partial charge in [-0.15, -0.1) is 0 Å². The normalized spacial score (nSPS) is 58.5. The standard InChI is InChI=1S/C31H48O4/c1-18-10-13-31(26(33)34-7)15-14-29(5)20(24(31)19(18)2)8-9-23-27(3)16-21-25(35-21)28(4,17-32)22(27)11-12-30(23,29)6/h8,18-19,21-25,32H,9-17H2,1-7H3/t18-,19+,21?,22?,23?,24?,25?,27+,28+,29-,30-,31+/m1/s1. The molecule has 1 saturated heterocycles. The molecule has 1 N–H and O–H groups in total. The molecule has 1 aliphatic heterocycles. The van der Waals surface area contributed by atoms with Crippen LogP contribution in [0, 0.1) is 56.7 Å². The van der Waals surface area contributed by atoms with Crippen molar-refractivity contribution in [1.29, 1.82) is 0 Å². The van der Waals surface area contributed by atoms with Crippen LogP contribution in [0.2, 0.25) is 0 Å². The molecule has 0 aromatic heterocycles. The van der Waals surface area contributed by atoms with Gasteiger partial charge in [0.1, 0.15) is 0 Å². The molecule has 0 spiro atoms. The molecule has 0 bridgehead atoms. The summed E-state index contributed by atoms with van der Waals surface area (Å²) in [4.78, 5) is 13.4. The summed E-state index contributed by atoms with van der Waals surface area (Å²) >= 11 is 0. The van der Waals surface area contributed by atoms with Crippen molar-refractivity contribution in [3.63, 3.8) is 0 Å². The first kappa shape index (κ1) is 24.5. The molecule has 1 heterocycles. The minimum Gasteiger partial charge on any atom is -0.469 e. The highest BCUT2D eigenvalue weighted by molar-refractivity contribution is 5.78. The summed E-state index contributed by atoms with van der Waals surface area (Å²) in [6.07, 6.45) is 12.0. The van der Waals surface area contributed by atoms with Gasteiger partial charge in [-0.25, -0.2) is 0 Å². The van der Waals surface area contributed by atoms with Crippen molar-refractivity contribution >= 4 is 5.97 Å². The third-order valence-electron chi connectivity index (χ3n) is 13.9. The average Bonchev–Trinajstić information content (AvgIpc) is 3.61. The fourth-order valence-corrected chi connectivity index (χ4v) is 11.5. The number of rotatable bonds is 2. The summed E-state index contributed by atoms with van der Waals surface area (Å²) < 4.78 is 11.7. The first-order valence-corrected chi connectivity index (χ1v) is 14.5. The zero-order chi connectivity index (χ0) is 25.2. The van der Waals surface area contributed by atoms with Crippen LogP contribution in [-0.2, 0) is 14.3 Å². The van der Waals surface area contributed by atoms with E-state index in [1.165, 1.54) is 12.8 Å². The largest absolute Gasteiger partial charge is 0.469 e. The van der Waals surface area contributed by atoms with E-state index < -0.39 is 0 Å². The Morgan fingerprint density at radius 1 is 1.09 bits per heavy atom. The van der Waals surface area contributed by atoms with Gasteiger partial charge in [0.15, 0.2) is 0 Å². The van der Waals surface area contributed by atoms with Crippen molar-refractivity contribution in [3.05, 3.63) is 11.6 Å². The highest BCUT2D eigenvalue weighted by atomic mass is 16.6. The fourth-order valence-electron chi connectivity index (χ4n) is 11.5. The first-order valence-electron chi connectivity index (χ1n) is 14.5. The average molecular weight is 485 g/mol. The van der Waals surface area contributed by atoms with Gasteiger partial charge in [-0.2, -0.15) is 0 Å². The van der Waals surface area contributed by atoms with E-state index in [1.807, 2.05) is 0 Å². The number of hydrogen-bond donors (Lipinski definition) is 1. The number of carbonyl (C=O) groups excluding carboxylic acids is 1. The van der Waals surface area contributed by atoms with Crippen molar-refractivity contribution in [2.75, 3.05) is 13.7 Å². The molecular formula is C31H48O4. The van der Waals surface area contributed by atoms with Gasteiger partial charge in [0.2, 0.25) is 0 Å². The Labute approximate surface area is 212 Å². The number of aliphatic hydroxyl groups excluding tert-OH is 1. The molecule has 0 amide bonds. The number of epoxide rings is 1. The predicted octanol–water partition coefficient (Wildman–Crippen LogP) is 6.17. The molecule has 12 atom stereocenters. The Balaban J connectivity index is 1.45. The molecule has 5 aliphatic carbocycles. The van der Waals surface area contributed by atoms with Crippen molar-refractivity contribution in [3.8, 4) is 0 Å². The first-order chi connectivity index (χ1) is 16.4. The smallest absolute Gasteiger partial charge is 0.312 e. The number of carbonyl (C=O) groups is 1. The molecule has 6 rings (SSSR count). The van der Waals surface area contributed by atoms with E-state index in [-0.39, 0.29) is 45.8 Å². The van der Waals surface area contributed by atoms with Gasteiger partial charge in [0.05, 0.1) is 31.3 Å². The van der Waals surface area contributed by atoms with Crippen molar-refractivity contribution < 1.29 is 19.4 Å². The molecular weight excluding hydrogens is 436 g/mol. The summed E-state index contributed by atoms with van der Waals surface area (Å²) in [6, 6.07) is 0. The van der Waals surface area contributed by atoms with Gasteiger partial charge in [0, 0.05) is 5.41 Å². The maximum atomic E-state index is 13.4. The number of ether oxygens (including phenoxy) is 2. The van der Waals surface area contributed by atoms with E-state index in [0.29, 0.717) is 35.7 Å². The van der Waals surface area contributed by atoms with Gasteiger partial charge in [-0.3, -0.25) is 4.79 Å². The molecule has 5 unspecified atom stereocenters. The minimum atomic E-state index is -0.342. The van der Waals surface area contributed by atoms with E-state index in [9.17, 15) is 9.90 Å². The van der Waals surface area contributed by atoms with E-state index in [2.05, 4.69) is 47.6 Å². The van der Waals surface area contributed by atoms with E-state index >= 15 is 0 Å². The monoisotopic (exact) mass is 484 g/mol. The molecule has 5 fully saturated rings. The lowest BCUT2D eigenvalue weighted by Gasteiger charge is -2.70. The summed E-state index contributed by atoms with van der Waals surface area (Å²) in [6.45, 7) is 15.0. The third-order valence-corrected chi connectivity index (χ3v) is 13.9. The van der Waals surface area contributed by atoms with Crippen LogP contribution < -0.4 is 0 Å². The van der Waals surface area contributed by atoms with Gasteiger partial charge >= 0.3 is 5.97 Å². The van der Waals surface area contributed by atoms with Gasteiger partial charge in [0.25, 0.3) is 0 Å². The van der Waals surface area contributed by atoms with Crippen LogP contribution in [0.4, 0.5) is 0 Å². The van der Waals surface area contributed by atoms with Crippen LogP contribution in [0.25, 0.3) is 0 Å². The summed E-state index contributed by atoms with van der Waals surface area (Å²) in [5, 5.41) is 10.6. The lowest BCUT2D eigenvalue weighted by Crippen LogP contribution is -2.65. The summed E-state index contributed by atoms with van der Waals surface area (Å²) in [7, 11) is 1.59. The number of aliphatic hydroxyl groups is 1. The molecule has 35 heavy (non-hydrogen) atoms. The predicted molar refractivity (Wildman–Crippen MR) is 136 cm³/mol. The number of esters is 1. The zero-order valence-corrected chi connectivity index (χ0v) is 23.2. The highest BCUT2D eigenvalue weighted by Crippen LogP contribution is 2.77. The number of methoxy groups -OCH3 is 1. The lowest BCUT2D eigenvalue weighted by atomic mass is 9.33. The molecule has 0 aromatic rings. The Hall–Kier alpha value is -0.870. The maximum Gasteiger partial charge on any atom is 0.312 e. The Bertz CT molecular complexity index is 958. The van der Waals surface area contributed by atoms with Crippen LogP contribution in [0.5, 0.6) is 0 Å². The van der Waals surface area contributed by atoms with E-state index in [0.717, 1.165) is 38.5 Å². The SMILES string of the molecule is COC(=O)[C@]12CC[C@@H](C)[C@H](C)C1C1=CCC3[C@@]4(C)CC5OC5[C@@](C)(CO)C4CC[C@@]3(C)[C@]1(C)CC2. The molecule has 196 valence electrons. The number of allylic oxidation sites excluding steroid dienone is 2. The van der Waals surface area contributed by atoms with E-state index in [4.69, 9.17) is 9.47 Å². The van der Waals surface area contributed by atoms with Gasteiger partial charge < -0.3 is 14.6 Å². The number of fused-ring (bicyclic) bond motifs is 8. The van der Waals surface area contributed by atoms with Crippen LogP contribution in [-0.4, -0.2) is 37.0 Å². The summed E-state index contributed by atoms with van der Waals surface area (Å²) in [5.41, 5.74) is 1.61. The molecule has 4 saturated carbocycles. The zero-order valence-electron chi connectivity index (χ0n) is 23.2. The Morgan fingerprint density at radius 2 is 1.83 bits per heavy atom. The van der Waals surface area contributed by atoms with Crippen molar-refractivity contribution in [2.24, 2.45) is 56.7 Å². The molecule has 4 nitrogen and oxygen atoms in total.